The molecule has 3 rings (SSSR count). The van der Waals surface area contributed by atoms with Crippen LogP contribution in [0, 0.1) is 0 Å². The van der Waals surface area contributed by atoms with E-state index in [0.29, 0.717) is 42.4 Å². The molecule has 0 aliphatic carbocycles. The van der Waals surface area contributed by atoms with Crippen molar-refractivity contribution >= 4 is 22.6 Å². The van der Waals surface area contributed by atoms with Gasteiger partial charge >= 0.3 is 0 Å². The van der Waals surface area contributed by atoms with Crippen LogP contribution in [-0.2, 0) is 10.3 Å². The second-order valence-electron chi connectivity index (χ2n) is 4.77. The minimum Gasteiger partial charge on any atom is -0.456 e. The maximum atomic E-state index is 10.7. The Labute approximate surface area is 110 Å². The summed E-state index contributed by atoms with van der Waals surface area (Å²) >= 11 is 6.09. The van der Waals surface area contributed by atoms with Crippen LogP contribution in [0.15, 0.2) is 28.7 Å². The summed E-state index contributed by atoms with van der Waals surface area (Å²) in [6.45, 7) is 1.25. The Kier molecular flexibility index (Phi) is 3.06. The smallest absolute Gasteiger partial charge is 0.153 e. The normalized spacial score (nSPS) is 25.2. The van der Waals surface area contributed by atoms with Gasteiger partial charge in [0.2, 0.25) is 0 Å². The highest BCUT2D eigenvalue weighted by molar-refractivity contribution is 6.34. The van der Waals surface area contributed by atoms with Crippen molar-refractivity contribution in [1.29, 1.82) is 0 Å². The number of hydrogen-bond acceptors (Lipinski definition) is 3. The third kappa shape index (κ3) is 2.03. The topological polar surface area (TPSA) is 42.6 Å². The molecule has 1 saturated heterocycles. The standard InChI is InChI=1S/C14H15ClO3/c15-11-4-1-3-10-9-12(18-13(10)11)14(16)5-2-7-17-8-6-14/h1,3-4,9,16H,2,5-8H2. The minimum atomic E-state index is -0.932. The van der Waals surface area contributed by atoms with E-state index in [1.165, 1.54) is 0 Å². The molecule has 3 nitrogen and oxygen atoms in total. The highest BCUT2D eigenvalue weighted by Gasteiger charge is 2.34. The molecule has 2 aromatic rings. The molecule has 1 aromatic carbocycles. The second-order valence-corrected chi connectivity index (χ2v) is 5.17. The van der Waals surface area contributed by atoms with Crippen LogP contribution in [-0.4, -0.2) is 18.3 Å². The molecule has 1 N–H and O–H groups in total. The fraction of sp³-hybridized carbons (Fsp3) is 0.429. The van der Waals surface area contributed by atoms with Crippen LogP contribution >= 0.6 is 11.6 Å². The molecule has 0 amide bonds. The van der Waals surface area contributed by atoms with Crippen molar-refractivity contribution in [3.05, 3.63) is 35.0 Å². The first-order valence-corrected chi connectivity index (χ1v) is 6.55. The summed E-state index contributed by atoms with van der Waals surface area (Å²) < 4.78 is 11.1. The van der Waals surface area contributed by atoms with Crippen LogP contribution in [0.1, 0.15) is 25.0 Å². The highest BCUT2D eigenvalue weighted by atomic mass is 35.5. The zero-order valence-corrected chi connectivity index (χ0v) is 10.7. The molecule has 0 radical (unpaired) electrons. The molecule has 4 heteroatoms. The van der Waals surface area contributed by atoms with E-state index in [1.54, 1.807) is 6.07 Å². The van der Waals surface area contributed by atoms with Gasteiger partial charge in [-0.1, -0.05) is 23.7 Å². The van der Waals surface area contributed by atoms with Gasteiger partial charge in [0.1, 0.15) is 11.4 Å². The predicted molar refractivity (Wildman–Crippen MR) is 69.8 cm³/mol. The molecule has 18 heavy (non-hydrogen) atoms. The van der Waals surface area contributed by atoms with Crippen molar-refractivity contribution in [1.82, 2.24) is 0 Å². The average molecular weight is 267 g/mol. The first-order chi connectivity index (χ1) is 8.69. The monoisotopic (exact) mass is 266 g/mol. The maximum Gasteiger partial charge on any atom is 0.153 e. The van der Waals surface area contributed by atoms with E-state index in [9.17, 15) is 5.11 Å². The average Bonchev–Trinajstić information content (AvgIpc) is 2.69. The second kappa shape index (κ2) is 4.57. The van der Waals surface area contributed by atoms with E-state index in [1.807, 2.05) is 18.2 Å². The van der Waals surface area contributed by atoms with Crippen LogP contribution < -0.4 is 0 Å². The molecule has 1 aliphatic rings. The van der Waals surface area contributed by atoms with Gasteiger partial charge in [-0.3, -0.25) is 0 Å². The van der Waals surface area contributed by atoms with Crippen molar-refractivity contribution in [3.8, 4) is 0 Å². The Hall–Kier alpha value is -1.03. The first kappa shape index (κ1) is 12.0. The molecule has 1 atom stereocenters. The van der Waals surface area contributed by atoms with Gasteiger partial charge in [-0.25, -0.2) is 0 Å². The number of rotatable bonds is 1. The lowest BCUT2D eigenvalue weighted by molar-refractivity contribution is -0.00380. The van der Waals surface area contributed by atoms with Crippen LogP contribution in [0.5, 0.6) is 0 Å². The van der Waals surface area contributed by atoms with Crippen molar-refractivity contribution < 1.29 is 14.3 Å². The van der Waals surface area contributed by atoms with Crippen LogP contribution in [0.4, 0.5) is 0 Å². The fourth-order valence-corrected chi connectivity index (χ4v) is 2.66. The molecular weight excluding hydrogens is 252 g/mol. The van der Waals surface area contributed by atoms with Gasteiger partial charge in [0.05, 0.1) is 5.02 Å². The summed E-state index contributed by atoms with van der Waals surface area (Å²) in [6.07, 6.45) is 2.05. The summed E-state index contributed by atoms with van der Waals surface area (Å²) in [6, 6.07) is 7.49. The Morgan fingerprint density at radius 3 is 2.94 bits per heavy atom. The van der Waals surface area contributed by atoms with Crippen LogP contribution in [0.3, 0.4) is 0 Å². The molecule has 1 fully saturated rings. The van der Waals surface area contributed by atoms with E-state index in [2.05, 4.69) is 0 Å². The van der Waals surface area contributed by atoms with Gasteiger partial charge in [-0.15, -0.1) is 0 Å². The van der Waals surface area contributed by atoms with E-state index < -0.39 is 5.60 Å². The summed E-state index contributed by atoms with van der Waals surface area (Å²) in [5, 5.41) is 12.2. The number of benzene rings is 1. The molecule has 1 aliphatic heterocycles. The minimum absolute atomic E-state index is 0.557. The summed E-state index contributed by atoms with van der Waals surface area (Å²) in [4.78, 5) is 0. The quantitative estimate of drug-likeness (QED) is 0.859. The van der Waals surface area contributed by atoms with Crippen molar-refractivity contribution in [2.75, 3.05) is 13.2 Å². The van der Waals surface area contributed by atoms with Gasteiger partial charge in [0.25, 0.3) is 0 Å². The van der Waals surface area contributed by atoms with Crippen LogP contribution in [0.2, 0.25) is 5.02 Å². The molecule has 1 aromatic heterocycles. The zero-order chi connectivity index (χ0) is 12.6. The predicted octanol–water partition coefficient (Wildman–Crippen LogP) is 3.47. The van der Waals surface area contributed by atoms with Gasteiger partial charge in [0.15, 0.2) is 5.58 Å². The third-order valence-corrected chi connectivity index (χ3v) is 3.79. The van der Waals surface area contributed by atoms with Crippen molar-refractivity contribution in [3.63, 3.8) is 0 Å². The summed E-state index contributed by atoms with van der Waals surface area (Å²) in [5.74, 6) is 0.594. The Bertz CT molecular complexity index is 553. The largest absolute Gasteiger partial charge is 0.456 e. The molecule has 0 bridgehead atoms. The van der Waals surface area contributed by atoms with Crippen molar-refractivity contribution in [2.24, 2.45) is 0 Å². The number of furan rings is 1. The lowest BCUT2D eigenvalue weighted by atomic mass is 9.92. The first-order valence-electron chi connectivity index (χ1n) is 6.18. The molecule has 0 saturated carbocycles. The van der Waals surface area contributed by atoms with Gasteiger partial charge in [0, 0.05) is 25.0 Å². The third-order valence-electron chi connectivity index (χ3n) is 3.49. The number of hydrogen-bond donors (Lipinski definition) is 1. The SMILES string of the molecule is OC1(c2cc3cccc(Cl)c3o2)CCCOCC1. The van der Waals surface area contributed by atoms with Gasteiger partial charge in [-0.2, -0.15) is 0 Å². The number of aliphatic hydroxyl groups is 1. The molecule has 0 spiro atoms. The Morgan fingerprint density at radius 2 is 2.11 bits per heavy atom. The van der Waals surface area contributed by atoms with Crippen molar-refractivity contribution in [2.45, 2.75) is 24.9 Å². The van der Waals surface area contributed by atoms with E-state index in [4.69, 9.17) is 20.8 Å². The molecule has 1 unspecified atom stereocenters. The Morgan fingerprint density at radius 1 is 1.22 bits per heavy atom. The highest BCUT2D eigenvalue weighted by Crippen LogP contribution is 2.37. The lowest BCUT2D eigenvalue weighted by Gasteiger charge is -2.22. The van der Waals surface area contributed by atoms with Gasteiger partial charge in [-0.05, 0) is 25.0 Å². The van der Waals surface area contributed by atoms with Crippen LogP contribution in [0.25, 0.3) is 11.0 Å². The number of ether oxygens (including phenoxy) is 1. The molecule has 96 valence electrons. The summed E-state index contributed by atoms with van der Waals surface area (Å²) in [5.41, 5.74) is -0.286. The summed E-state index contributed by atoms with van der Waals surface area (Å²) in [7, 11) is 0. The fourth-order valence-electron chi connectivity index (χ4n) is 2.44. The number of fused-ring (bicyclic) bond motifs is 1. The Balaban J connectivity index is 2.05. The molecule has 2 heterocycles. The van der Waals surface area contributed by atoms with E-state index in [0.717, 1.165) is 11.8 Å². The number of halogens is 1. The molecular formula is C14H15ClO3. The number of para-hydroxylation sites is 1. The lowest BCUT2D eigenvalue weighted by Crippen LogP contribution is -2.25. The zero-order valence-electron chi connectivity index (χ0n) is 9.99. The van der Waals surface area contributed by atoms with E-state index >= 15 is 0 Å². The van der Waals surface area contributed by atoms with E-state index in [-0.39, 0.29) is 0 Å². The van der Waals surface area contributed by atoms with Gasteiger partial charge < -0.3 is 14.3 Å². The maximum absolute atomic E-state index is 10.7.